The average Bonchev–Trinajstić information content (AvgIpc) is 2.78. The molecule has 3 rings (SSSR count). The minimum Gasteiger partial charge on any atom is -0.368 e. The van der Waals surface area contributed by atoms with E-state index in [1.165, 1.54) is 10.5 Å². The highest BCUT2D eigenvalue weighted by atomic mass is 32.2. The molecule has 0 amide bonds. The van der Waals surface area contributed by atoms with Gasteiger partial charge in [-0.1, -0.05) is 0 Å². The van der Waals surface area contributed by atoms with Crippen molar-refractivity contribution in [1.29, 1.82) is 0 Å². The topological polar surface area (TPSA) is 107 Å². The predicted molar refractivity (Wildman–Crippen MR) is 75.7 cm³/mol. The normalized spacial score (nSPS) is 15.9. The third kappa shape index (κ3) is 2.38. The zero-order valence-corrected chi connectivity index (χ0v) is 12.6. The summed E-state index contributed by atoms with van der Waals surface area (Å²) >= 11 is 0. The molecule has 0 radical (unpaired) electrons. The summed E-state index contributed by atoms with van der Waals surface area (Å²) in [7, 11) is -1.85. The van der Waals surface area contributed by atoms with E-state index >= 15 is 0 Å². The van der Waals surface area contributed by atoms with Crippen LogP contribution < -0.4 is 5.73 Å². The fourth-order valence-electron chi connectivity index (χ4n) is 2.28. The third-order valence-electron chi connectivity index (χ3n) is 3.62. The zero-order chi connectivity index (χ0) is 15.2. The Kier molecular flexibility index (Phi) is 3.18. The summed E-state index contributed by atoms with van der Waals surface area (Å²) in [6.07, 6.45) is 3.75. The van der Waals surface area contributed by atoms with Crippen molar-refractivity contribution in [2.45, 2.75) is 24.9 Å². The first-order valence-electron chi connectivity index (χ1n) is 6.48. The summed E-state index contributed by atoms with van der Waals surface area (Å²) in [5.74, 6) is 0.805. The van der Waals surface area contributed by atoms with E-state index < -0.39 is 10.0 Å². The molecule has 2 N–H and O–H groups in total. The van der Waals surface area contributed by atoms with Crippen LogP contribution in [-0.4, -0.2) is 38.8 Å². The average molecular weight is 308 g/mol. The molecule has 21 heavy (non-hydrogen) atoms. The minimum absolute atomic E-state index is 0.0629. The highest BCUT2D eigenvalue weighted by Gasteiger charge is 2.31. The maximum Gasteiger partial charge on any atom is 0.262 e. The fraction of sp³-hybridized carbons (Fsp3) is 0.417. The number of anilines is 1. The van der Waals surface area contributed by atoms with Crippen LogP contribution in [0.3, 0.4) is 0 Å². The summed E-state index contributed by atoms with van der Waals surface area (Å²) in [4.78, 5) is 12.2. The smallest absolute Gasteiger partial charge is 0.262 e. The largest absolute Gasteiger partial charge is 0.368 e. The van der Waals surface area contributed by atoms with Gasteiger partial charge in [-0.15, -0.1) is 0 Å². The zero-order valence-electron chi connectivity index (χ0n) is 11.8. The van der Waals surface area contributed by atoms with Gasteiger partial charge in [0, 0.05) is 26.0 Å². The molecule has 0 saturated heterocycles. The lowest BCUT2D eigenvalue weighted by atomic mass is 10.1. The number of sulfonamides is 1. The van der Waals surface area contributed by atoms with Gasteiger partial charge >= 0.3 is 0 Å². The lowest BCUT2D eigenvalue weighted by molar-refractivity contribution is 0.383. The van der Waals surface area contributed by atoms with Gasteiger partial charge < -0.3 is 10.3 Å². The first kappa shape index (κ1) is 14.0. The molecular weight excluding hydrogens is 292 g/mol. The van der Waals surface area contributed by atoms with Crippen LogP contribution in [0.25, 0.3) is 0 Å². The molecule has 3 heterocycles. The van der Waals surface area contributed by atoms with Crippen molar-refractivity contribution in [2.24, 2.45) is 7.05 Å². The van der Waals surface area contributed by atoms with Crippen molar-refractivity contribution in [1.82, 2.24) is 23.8 Å². The van der Waals surface area contributed by atoms with Gasteiger partial charge in [0.1, 0.15) is 5.82 Å². The number of nitrogen functional groups attached to an aromatic ring is 1. The second-order valence-corrected chi connectivity index (χ2v) is 6.91. The number of fused-ring (bicyclic) bond motifs is 1. The first-order chi connectivity index (χ1) is 9.88. The van der Waals surface area contributed by atoms with Crippen LogP contribution in [0.5, 0.6) is 0 Å². The maximum absolute atomic E-state index is 12.6. The van der Waals surface area contributed by atoms with E-state index in [4.69, 9.17) is 5.73 Å². The number of aromatic nitrogens is 4. The van der Waals surface area contributed by atoms with Crippen molar-refractivity contribution in [3.05, 3.63) is 29.5 Å². The molecule has 9 heteroatoms. The molecule has 1 aliphatic rings. The minimum atomic E-state index is -3.62. The van der Waals surface area contributed by atoms with E-state index in [9.17, 15) is 8.42 Å². The van der Waals surface area contributed by atoms with Crippen molar-refractivity contribution >= 4 is 16.0 Å². The Morgan fingerprint density at radius 1 is 1.33 bits per heavy atom. The van der Waals surface area contributed by atoms with E-state index in [0.717, 1.165) is 5.56 Å². The number of nitrogens with two attached hydrogens (primary N) is 1. The van der Waals surface area contributed by atoms with Gasteiger partial charge in [0.15, 0.2) is 5.03 Å². The van der Waals surface area contributed by atoms with Crippen LogP contribution in [0.1, 0.15) is 17.1 Å². The molecule has 0 aliphatic carbocycles. The fourth-order valence-corrected chi connectivity index (χ4v) is 3.71. The molecular formula is C12H16N6O2S. The Balaban J connectivity index is 1.94. The molecule has 0 fully saturated rings. The van der Waals surface area contributed by atoms with Crippen LogP contribution in [0.2, 0.25) is 0 Å². The van der Waals surface area contributed by atoms with E-state index in [2.05, 4.69) is 15.0 Å². The summed E-state index contributed by atoms with van der Waals surface area (Å²) in [5.41, 5.74) is 7.16. The molecule has 0 atom stereocenters. The highest BCUT2D eigenvalue weighted by molar-refractivity contribution is 7.89. The molecule has 2 aromatic heterocycles. The molecule has 0 spiro atoms. The van der Waals surface area contributed by atoms with Gasteiger partial charge in [-0.3, -0.25) is 0 Å². The Hall–Kier alpha value is -2.00. The van der Waals surface area contributed by atoms with Gasteiger partial charge in [0.05, 0.1) is 12.2 Å². The molecule has 2 aromatic rings. The quantitative estimate of drug-likeness (QED) is 0.826. The molecule has 1 aliphatic heterocycles. The summed E-state index contributed by atoms with van der Waals surface area (Å²) in [5, 5.41) is 0.0629. The van der Waals surface area contributed by atoms with Crippen LogP contribution in [-0.2, 0) is 30.0 Å². The Morgan fingerprint density at radius 2 is 2.10 bits per heavy atom. The first-order valence-corrected chi connectivity index (χ1v) is 7.92. The number of nitrogens with zero attached hydrogens (tertiary/aromatic N) is 5. The predicted octanol–water partition coefficient (Wildman–Crippen LogP) is -0.152. The van der Waals surface area contributed by atoms with E-state index in [-0.39, 0.29) is 17.5 Å². The molecule has 112 valence electrons. The number of aryl methyl sites for hydroxylation is 2. The second kappa shape index (κ2) is 4.78. The highest BCUT2D eigenvalue weighted by Crippen LogP contribution is 2.23. The monoisotopic (exact) mass is 308 g/mol. The van der Waals surface area contributed by atoms with Crippen molar-refractivity contribution in [2.75, 3.05) is 12.3 Å². The van der Waals surface area contributed by atoms with E-state index in [1.54, 1.807) is 24.7 Å². The van der Waals surface area contributed by atoms with Gasteiger partial charge in [-0.05, 0) is 18.9 Å². The lowest BCUT2D eigenvalue weighted by Gasteiger charge is -2.26. The summed E-state index contributed by atoms with van der Waals surface area (Å²) in [6, 6.07) is 0. The van der Waals surface area contributed by atoms with Gasteiger partial charge in [-0.2, -0.15) is 4.31 Å². The maximum atomic E-state index is 12.6. The third-order valence-corrected chi connectivity index (χ3v) is 5.34. The Labute approximate surface area is 122 Å². The van der Waals surface area contributed by atoms with Crippen molar-refractivity contribution in [3.8, 4) is 0 Å². The SMILES string of the molecule is Cc1nc(S(=O)(=O)N2CCc3cnc(N)nc3C2)cn1C. The second-order valence-electron chi connectivity index (χ2n) is 5.03. The number of rotatable bonds is 2. The Bertz CT molecular complexity index is 779. The van der Waals surface area contributed by atoms with Crippen molar-refractivity contribution in [3.63, 3.8) is 0 Å². The lowest BCUT2D eigenvalue weighted by Crippen LogP contribution is -2.36. The van der Waals surface area contributed by atoms with Crippen LogP contribution >= 0.6 is 0 Å². The molecule has 8 nitrogen and oxygen atoms in total. The van der Waals surface area contributed by atoms with E-state index in [0.29, 0.717) is 24.5 Å². The van der Waals surface area contributed by atoms with Gasteiger partial charge in [0.2, 0.25) is 5.95 Å². The van der Waals surface area contributed by atoms with Gasteiger partial charge in [-0.25, -0.2) is 23.4 Å². The molecule has 0 saturated carbocycles. The molecule has 0 bridgehead atoms. The summed E-state index contributed by atoms with van der Waals surface area (Å²) in [6.45, 7) is 2.34. The number of hydrogen-bond donors (Lipinski definition) is 1. The van der Waals surface area contributed by atoms with Crippen LogP contribution in [0.15, 0.2) is 17.4 Å². The summed E-state index contributed by atoms with van der Waals surface area (Å²) < 4.78 is 28.3. The van der Waals surface area contributed by atoms with Crippen LogP contribution in [0.4, 0.5) is 5.95 Å². The van der Waals surface area contributed by atoms with Gasteiger partial charge in [0.25, 0.3) is 10.0 Å². The van der Waals surface area contributed by atoms with Crippen LogP contribution in [0, 0.1) is 6.92 Å². The van der Waals surface area contributed by atoms with Crippen molar-refractivity contribution < 1.29 is 8.42 Å². The number of hydrogen-bond acceptors (Lipinski definition) is 6. The molecule has 0 unspecified atom stereocenters. The number of imidazole rings is 1. The standard InChI is InChI=1S/C12H16N6O2S/c1-8-15-11(7-17(8)2)21(19,20)18-4-3-9-5-14-12(13)16-10(9)6-18/h5,7H,3-4,6H2,1-2H3,(H2,13,14,16). The van der Waals surface area contributed by atoms with E-state index in [1.807, 2.05) is 0 Å². The molecule has 0 aromatic carbocycles. The Morgan fingerprint density at radius 3 is 2.76 bits per heavy atom.